The highest BCUT2D eigenvalue weighted by Crippen LogP contribution is 2.32. The fourth-order valence-corrected chi connectivity index (χ4v) is 4.36. The second-order valence-corrected chi connectivity index (χ2v) is 7.56. The minimum Gasteiger partial charge on any atom is -0.493 e. The van der Waals surface area contributed by atoms with Crippen LogP contribution in [0.3, 0.4) is 0 Å². The van der Waals surface area contributed by atoms with Gasteiger partial charge in [0.25, 0.3) is 0 Å². The Morgan fingerprint density at radius 2 is 1.88 bits per heavy atom. The summed E-state index contributed by atoms with van der Waals surface area (Å²) in [5.41, 5.74) is 1.14. The first kappa shape index (κ1) is 17.2. The summed E-state index contributed by atoms with van der Waals surface area (Å²) in [6.45, 7) is 2.38. The van der Waals surface area contributed by atoms with Crippen molar-refractivity contribution < 1.29 is 22.7 Å². The number of rotatable bonds is 4. The number of benzene rings is 2. The molecule has 1 aliphatic heterocycles. The van der Waals surface area contributed by atoms with Gasteiger partial charge in [0.2, 0.25) is 0 Å². The predicted octanol–water partition coefficient (Wildman–Crippen LogP) is 3.15. The van der Waals surface area contributed by atoms with Gasteiger partial charge in [0.05, 0.1) is 24.4 Å². The van der Waals surface area contributed by atoms with E-state index in [0.29, 0.717) is 23.7 Å². The molecule has 0 bridgehead atoms. The van der Waals surface area contributed by atoms with Gasteiger partial charge in [-0.05, 0) is 42.8 Å². The maximum absolute atomic E-state index is 12.6. The second-order valence-electron chi connectivity index (χ2n) is 5.60. The molecule has 3 rings (SSSR count). The van der Waals surface area contributed by atoms with Crippen LogP contribution in [-0.2, 0) is 9.84 Å². The molecule has 0 saturated heterocycles. The third-order valence-electron chi connectivity index (χ3n) is 3.93. The van der Waals surface area contributed by atoms with E-state index >= 15 is 0 Å². The first-order valence-corrected chi connectivity index (χ1v) is 9.49. The topological polar surface area (TPSA) is 69.7 Å². The van der Waals surface area contributed by atoms with Gasteiger partial charge in [0.1, 0.15) is 0 Å². The Kier molecular flexibility index (Phi) is 4.63. The minimum absolute atomic E-state index is 0.0985. The number of hydrogen-bond acceptors (Lipinski definition) is 5. The van der Waals surface area contributed by atoms with Crippen molar-refractivity contribution in [1.82, 2.24) is 0 Å². The molecule has 0 fully saturated rings. The summed E-state index contributed by atoms with van der Waals surface area (Å²) in [5.74, 6) is 0.555. The lowest BCUT2D eigenvalue weighted by molar-refractivity contribution is 0.103. The van der Waals surface area contributed by atoms with Crippen LogP contribution >= 0.6 is 0 Å². The third kappa shape index (κ3) is 3.30. The van der Waals surface area contributed by atoms with Crippen LogP contribution in [0.5, 0.6) is 11.5 Å². The lowest BCUT2D eigenvalue weighted by Crippen LogP contribution is -2.24. The van der Waals surface area contributed by atoms with Gasteiger partial charge in [-0.1, -0.05) is 18.2 Å². The summed E-state index contributed by atoms with van der Waals surface area (Å²) in [6, 6.07) is 11.5. The van der Waals surface area contributed by atoms with Gasteiger partial charge in [-0.3, -0.25) is 4.79 Å². The molecule has 0 spiro atoms. The summed E-state index contributed by atoms with van der Waals surface area (Å²) >= 11 is 0. The maximum atomic E-state index is 12.6. The summed E-state index contributed by atoms with van der Waals surface area (Å²) < 4.78 is 35.6. The fourth-order valence-electron chi connectivity index (χ4n) is 2.80. The van der Waals surface area contributed by atoms with Gasteiger partial charge in [-0.2, -0.15) is 0 Å². The number of Topliss-reactive ketones (excluding diaryl/α,β-unsaturated/α-hetero) is 1. The number of carbonyl (C=O) groups excluding carboxylic acids is 1. The van der Waals surface area contributed by atoms with Crippen LogP contribution in [0.25, 0.3) is 6.08 Å². The van der Waals surface area contributed by atoms with Crippen LogP contribution in [0.1, 0.15) is 22.8 Å². The maximum Gasteiger partial charge on any atom is 0.191 e. The molecule has 0 N–H and O–H groups in total. The van der Waals surface area contributed by atoms with Crippen molar-refractivity contribution >= 4 is 21.7 Å². The Balaban J connectivity index is 2.04. The standard InChI is InChI=1S/C19H18O5S/c1-3-24-16-9-8-13(11-17(16)23-2)10-14-12-25(21,22)18-7-5-4-6-15(18)19(14)20/h4-11H,3,12H2,1-2H3. The quantitative estimate of drug-likeness (QED) is 0.785. The van der Waals surface area contributed by atoms with Crippen LogP contribution < -0.4 is 9.47 Å². The largest absolute Gasteiger partial charge is 0.493 e. The van der Waals surface area contributed by atoms with Crippen molar-refractivity contribution in [1.29, 1.82) is 0 Å². The molecule has 0 radical (unpaired) electrons. The highest BCUT2D eigenvalue weighted by molar-refractivity contribution is 7.91. The summed E-state index contributed by atoms with van der Waals surface area (Å²) in [5, 5.41) is 0. The SMILES string of the molecule is CCOc1ccc(C=C2CS(=O)(=O)c3ccccc3C2=O)cc1OC. The van der Waals surface area contributed by atoms with Crippen molar-refractivity contribution in [3.8, 4) is 11.5 Å². The van der Waals surface area contributed by atoms with E-state index in [4.69, 9.17) is 9.47 Å². The van der Waals surface area contributed by atoms with Crippen molar-refractivity contribution in [2.45, 2.75) is 11.8 Å². The monoisotopic (exact) mass is 358 g/mol. The van der Waals surface area contributed by atoms with Gasteiger partial charge in [-0.25, -0.2) is 8.42 Å². The molecule has 0 amide bonds. The van der Waals surface area contributed by atoms with E-state index in [9.17, 15) is 13.2 Å². The van der Waals surface area contributed by atoms with Gasteiger partial charge in [0.15, 0.2) is 27.1 Å². The van der Waals surface area contributed by atoms with E-state index in [1.807, 2.05) is 6.92 Å². The summed E-state index contributed by atoms with van der Waals surface area (Å²) in [7, 11) is -1.99. The predicted molar refractivity (Wildman–Crippen MR) is 95.0 cm³/mol. The zero-order valence-corrected chi connectivity index (χ0v) is 14.8. The average Bonchev–Trinajstić information content (AvgIpc) is 2.61. The van der Waals surface area contributed by atoms with Crippen molar-refractivity contribution in [3.63, 3.8) is 0 Å². The molecule has 2 aromatic rings. The molecule has 0 saturated carbocycles. The molecular weight excluding hydrogens is 340 g/mol. The molecule has 1 aliphatic rings. The molecule has 0 atom stereocenters. The van der Waals surface area contributed by atoms with Crippen molar-refractivity contribution in [3.05, 3.63) is 59.2 Å². The minimum atomic E-state index is -3.52. The van der Waals surface area contributed by atoms with E-state index in [1.54, 1.807) is 42.5 Å². The number of hydrogen-bond donors (Lipinski definition) is 0. The van der Waals surface area contributed by atoms with E-state index in [2.05, 4.69) is 0 Å². The van der Waals surface area contributed by atoms with Gasteiger partial charge in [0, 0.05) is 11.1 Å². The number of carbonyl (C=O) groups is 1. The highest BCUT2D eigenvalue weighted by atomic mass is 32.2. The Morgan fingerprint density at radius 1 is 1.12 bits per heavy atom. The van der Waals surface area contributed by atoms with Crippen LogP contribution in [0, 0.1) is 0 Å². The molecule has 6 heteroatoms. The third-order valence-corrected chi connectivity index (χ3v) is 5.65. The normalized spacial score (nSPS) is 17.2. The van der Waals surface area contributed by atoms with Crippen molar-refractivity contribution in [2.24, 2.45) is 0 Å². The number of sulfone groups is 1. The zero-order chi connectivity index (χ0) is 18.0. The van der Waals surface area contributed by atoms with E-state index in [-0.39, 0.29) is 27.6 Å². The van der Waals surface area contributed by atoms with Gasteiger partial charge >= 0.3 is 0 Å². The molecule has 5 nitrogen and oxygen atoms in total. The Labute approximate surface area is 146 Å². The molecule has 0 aliphatic carbocycles. The Hall–Kier alpha value is -2.60. The molecule has 0 aromatic heterocycles. The summed E-state index contributed by atoms with van der Waals surface area (Å²) in [6.07, 6.45) is 1.59. The number of ether oxygens (including phenoxy) is 2. The lowest BCUT2D eigenvalue weighted by Gasteiger charge is -2.18. The lowest BCUT2D eigenvalue weighted by atomic mass is 10.0. The number of fused-ring (bicyclic) bond motifs is 1. The Bertz CT molecular complexity index is 958. The molecule has 2 aromatic carbocycles. The molecular formula is C19H18O5S. The van der Waals surface area contributed by atoms with E-state index in [1.165, 1.54) is 13.2 Å². The van der Waals surface area contributed by atoms with Gasteiger partial charge < -0.3 is 9.47 Å². The van der Waals surface area contributed by atoms with Gasteiger partial charge in [-0.15, -0.1) is 0 Å². The van der Waals surface area contributed by atoms with E-state index in [0.717, 1.165) is 0 Å². The highest BCUT2D eigenvalue weighted by Gasteiger charge is 2.32. The smallest absolute Gasteiger partial charge is 0.191 e. The fraction of sp³-hybridized carbons (Fsp3) is 0.211. The van der Waals surface area contributed by atoms with E-state index < -0.39 is 9.84 Å². The first-order valence-electron chi connectivity index (χ1n) is 7.84. The first-order chi connectivity index (χ1) is 12.0. The molecule has 130 valence electrons. The molecule has 1 heterocycles. The van der Waals surface area contributed by atoms with Crippen LogP contribution in [0.4, 0.5) is 0 Å². The second kappa shape index (κ2) is 6.72. The van der Waals surface area contributed by atoms with Crippen LogP contribution in [0.2, 0.25) is 0 Å². The summed E-state index contributed by atoms with van der Waals surface area (Å²) in [4.78, 5) is 12.7. The zero-order valence-electron chi connectivity index (χ0n) is 14.0. The van der Waals surface area contributed by atoms with Crippen LogP contribution in [-0.4, -0.2) is 33.7 Å². The molecule has 0 unspecified atom stereocenters. The van der Waals surface area contributed by atoms with Crippen molar-refractivity contribution in [2.75, 3.05) is 19.5 Å². The Morgan fingerprint density at radius 3 is 2.60 bits per heavy atom. The molecule has 25 heavy (non-hydrogen) atoms. The number of methoxy groups -OCH3 is 1. The van der Waals surface area contributed by atoms with Crippen LogP contribution in [0.15, 0.2) is 52.9 Å². The number of ketones is 1. The average molecular weight is 358 g/mol.